The lowest BCUT2D eigenvalue weighted by molar-refractivity contribution is 0.549. The SMILES string of the molecule is Cc1cccc(N2C(=S)N[C@@H](c3ccccn3)[C@@H]2c2cccn2-c2cccc(C)c2)c1. The highest BCUT2D eigenvalue weighted by Gasteiger charge is 2.42. The Hall–Kier alpha value is -3.44. The Morgan fingerprint density at radius 3 is 2.29 bits per heavy atom. The molecule has 0 bridgehead atoms. The lowest BCUT2D eigenvalue weighted by atomic mass is 10.0. The van der Waals surface area contributed by atoms with Gasteiger partial charge in [-0.1, -0.05) is 30.3 Å². The molecule has 5 heteroatoms. The number of nitrogens with one attached hydrogen (secondary N) is 1. The van der Waals surface area contributed by atoms with Gasteiger partial charge in [-0.25, -0.2) is 0 Å². The van der Waals surface area contributed by atoms with Gasteiger partial charge in [0.2, 0.25) is 0 Å². The zero-order valence-electron chi connectivity index (χ0n) is 17.6. The third-order valence-corrected chi connectivity index (χ3v) is 6.06. The summed E-state index contributed by atoms with van der Waals surface area (Å²) in [6.45, 7) is 4.23. The van der Waals surface area contributed by atoms with Gasteiger partial charge in [-0.15, -0.1) is 0 Å². The summed E-state index contributed by atoms with van der Waals surface area (Å²) in [6, 6.07) is 27.3. The number of benzene rings is 2. The Kier molecular flexibility index (Phi) is 5.04. The molecule has 1 N–H and O–H groups in total. The van der Waals surface area contributed by atoms with Crippen molar-refractivity contribution in [3.8, 4) is 5.69 Å². The Balaban J connectivity index is 1.68. The molecular formula is C26H24N4S. The minimum Gasteiger partial charge on any atom is -0.351 e. The van der Waals surface area contributed by atoms with Gasteiger partial charge in [-0.05, 0) is 85.7 Å². The molecule has 0 amide bonds. The standard InChI is InChI=1S/C26H24N4S/c1-18-8-5-10-20(16-18)29-15-7-13-23(29)25-24(22-12-3-4-14-27-22)28-26(31)30(25)21-11-6-9-19(2)17-21/h3-17,24-25H,1-2H3,(H,28,31)/t24-,25-/m0/s1. The monoisotopic (exact) mass is 424 g/mol. The van der Waals surface area contributed by atoms with Crippen LogP contribution in [-0.2, 0) is 0 Å². The molecule has 4 aromatic rings. The number of thiocarbonyl (C=S) groups is 1. The molecule has 2 atom stereocenters. The van der Waals surface area contributed by atoms with Crippen LogP contribution in [0.1, 0.15) is 34.6 Å². The van der Waals surface area contributed by atoms with Crippen LogP contribution in [0, 0.1) is 13.8 Å². The molecule has 1 fully saturated rings. The van der Waals surface area contributed by atoms with E-state index in [0.717, 1.165) is 22.8 Å². The first-order chi connectivity index (χ1) is 15.1. The predicted octanol–water partition coefficient (Wildman–Crippen LogP) is 5.67. The molecule has 1 aliphatic rings. The molecule has 0 radical (unpaired) electrons. The van der Waals surface area contributed by atoms with Gasteiger partial charge in [0, 0.05) is 29.5 Å². The fraction of sp³-hybridized carbons (Fsp3) is 0.154. The maximum atomic E-state index is 5.85. The number of rotatable bonds is 4. The molecule has 0 unspecified atom stereocenters. The summed E-state index contributed by atoms with van der Waals surface area (Å²) in [5.41, 5.74) is 6.79. The second kappa shape index (κ2) is 8.00. The largest absolute Gasteiger partial charge is 0.351 e. The topological polar surface area (TPSA) is 33.1 Å². The maximum Gasteiger partial charge on any atom is 0.174 e. The number of aromatic nitrogens is 2. The van der Waals surface area contributed by atoms with Crippen molar-refractivity contribution in [3.63, 3.8) is 0 Å². The quantitative estimate of drug-likeness (QED) is 0.428. The second-order valence-corrected chi connectivity index (χ2v) is 8.36. The fourth-order valence-corrected chi connectivity index (χ4v) is 4.71. The van der Waals surface area contributed by atoms with E-state index >= 15 is 0 Å². The second-order valence-electron chi connectivity index (χ2n) is 7.98. The number of hydrogen-bond donors (Lipinski definition) is 1. The van der Waals surface area contributed by atoms with Crippen molar-refractivity contribution < 1.29 is 0 Å². The average molecular weight is 425 g/mol. The molecular weight excluding hydrogens is 400 g/mol. The molecule has 2 aromatic heterocycles. The van der Waals surface area contributed by atoms with Gasteiger partial charge in [0.15, 0.2) is 5.11 Å². The summed E-state index contributed by atoms with van der Waals surface area (Å²) in [6.07, 6.45) is 3.96. The third kappa shape index (κ3) is 3.62. The minimum atomic E-state index is -0.0623. The Labute approximate surface area is 188 Å². The average Bonchev–Trinajstić information content (AvgIpc) is 3.38. The van der Waals surface area contributed by atoms with E-state index in [1.165, 1.54) is 11.1 Å². The van der Waals surface area contributed by atoms with Crippen molar-refractivity contribution in [2.24, 2.45) is 0 Å². The van der Waals surface area contributed by atoms with Crippen LogP contribution in [0.5, 0.6) is 0 Å². The molecule has 1 aliphatic heterocycles. The molecule has 0 saturated carbocycles. The van der Waals surface area contributed by atoms with Crippen LogP contribution in [0.15, 0.2) is 91.3 Å². The zero-order valence-corrected chi connectivity index (χ0v) is 18.4. The van der Waals surface area contributed by atoms with Gasteiger partial charge in [0.1, 0.15) is 6.04 Å². The summed E-state index contributed by atoms with van der Waals surface area (Å²) in [4.78, 5) is 6.88. The highest BCUT2D eigenvalue weighted by atomic mass is 32.1. The lowest BCUT2D eigenvalue weighted by Crippen LogP contribution is -2.30. The molecule has 3 heterocycles. The minimum absolute atomic E-state index is 0.0419. The van der Waals surface area contributed by atoms with Gasteiger partial charge >= 0.3 is 0 Å². The van der Waals surface area contributed by atoms with Gasteiger partial charge in [-0.2, -0.15) is 0 Å². The maximum absolute atomic E-state index is 5.85. The van der Waals surface area contributed by atoms with E-state index in [9.17, 15) is 0 Å². The molecule has 4 nitrogen and oxygen atoms in total. The number of hydrogen-bond acceptors (Lipinski definition) is 2. The van der Waals surface area contributed by atoms with Gasteiger partial charge in [-0.3, -0.25) is 4.98 Å². The van der Waals surface area contributed by atoms with Crippen LogP contribution in [-0.4, -0.2) is 14.7 Å². The molecule has 0 spiro atoms. The van der Waals surface area contributed by atoms with Crippen molar-refractivity contribution in [3.05, 3.63) is 114 Å². The normalized spacial score (nSPS) is 18.3. The van der Waals surface area contributed by atoms with E-state index in [1.54, 1.807) is 0 Å². The van der Waals surface area contributed by atoms with Crippen LogP contribution >= 0.6 is 12.2 Å². The highest BCUT2D eigenvalue weighted by molar-refractivity contribution is 7.80. The van der Waals surface area contributed by atoms with Crippen LogP contribution in [0.3, 0.4) is 0 Å². The van der Waals surface area contributed by atoms with E-state index < -0.39 is 0 Å². The summed E-state index contributed by atoms with van der Waals surface area (Å²) in [5.74, 6) is 0. The molecule has 31 heavy (non-hydrogen) atoms. The van der Waals surface area contributed by atoms with Crippen molar-refractivity contribution in [2.75, 3.05) is 4.90 Å². The third-order valence-electron chi connectivity index (χ3n) is 5.74. The fourth-order valence-electron chi connectivity index (χ4n) is 4.36. The smallest absolute Gasteiger partial charge is 0.174 e. The van der Waals surface area contributed by atoms with Crippen LogP contribution in [0.4, 0.5) is 5.69 Å². The Bertz CT molecular complexity index is 1230. The Morgan fingerprint density at radius 1 is 0.839 bits per heavy atom. The molecule has 154 valence electrons. The predicted molar refractivity (Wildman–Crippen MR) is 130 cm³/mol. The molecule has 0 aliphatic carbocycles. The Morgan fingerprint density at radius 2 is 1.58 bits per heavy atom. The first kappa shape index (κ1) is 19.5. The highest BCUT2D eigenvalue weighted by Crippen LogP contribution is 2.42. The van der Waals surface area contributed by atoms with E-state index in [4.69, 9.17) is 12.2 Å². The van der Waals surface area contributed by atoms with Crippen molar-refractivity contribution in [2.45, 2.75) is 25.9 Å². The zero-order chi connectivity index (χ0) is 21.4. The number of nitrogens with zero attached hydrogens (tertiary/aromatic N) is 3. The van der Waals surface area contributed by atoms with Crippen molar-refractivity contribution in [1.82, 2.24) is 14.9 Å². The van der Waals surface area contributed by atoms with E-state index in [2.05, 4.69) is 107 Å². The van der Waals surface area contributed by atoms with Crippen LogP contribution < -0.4 is 10.2 Å². The van der Waals surface area contributed by atoms with Crippen molar-refractivity contribution >= 4 is 23.0 Å². The first-order valence-corrected chi connectivity index (χ1v) is 10.8. The number of aryl methyl sites for hydroxylation is 2. The lowest BCUT2D eigenvalue weighted by Gasteiger charge is -2.29. The molecule has 1 saturated heterocycles. The van der Waals surface area contributed by atoms with Gasteiger partial charge in [0.05, 0.1) is 11.7 Å². The summed E-state index contributed by atoms with van der Waals surface area (Å²) in [5, 5.41) is 4.26. The van der Waals surface area contributed by atoms with Crippen molar-refractivity contribution in [1.29, 1.82) is 0 Å². The number of anilines is 1. The van der Waals surface area contributed by atoms with E-state index in [-0.39, 0.29) is 12.1 Å². The first-order valence-electron chi connectivity index (χ1n) is 10.4. The van der Waals surface area contributed by atoms with Crippen LogP contribution in [0.25, 0.3) is 5.69 Å². The summed E-state index contributed by atoms with van der Waals surface area (Å²) >= 11 is 5.85. The van der Waals surface area contributed by atoms with Gasteiger partial charge < -0.3 is 14.8 Å². The van der Waals surface area contributed by atoms with E-state index in [1.807, 2.05) is 18.3 Å². The molecule has 2 aromatic carbocycles. The van der Waals surface area contributed by atoms with Gasteiger partial charge in [0.25, 0.3) is 0 Å². The summed E-state index contributed by atoms with van der Waals surface area (Å²) in [7, 11) is 0. The summed E-state index contributed by atoms with van der Waals surface area (Å²) < 4.78 is 2.26. The number of pyridine rings is 1. The van der Waals surface area contributed by atoms with Crippen LogP contribution in [0.2, 0.25) is 0 Å². The van der Waals surface area contributed by atoms with E-state index in [0.29, 0.717) is 5.11 Å². The molecule has 5 rings (SSSR count).